The number of halogens is 1. The number of ether oxygens (including phenoxy) is 3. The van der Waals surface area contributed by atoms with Crippen molar-refractivity contribution in [3.05, 3.63) is 33.1 Å². The largest absolute Gasteiger partial charge is 0.508 e. The Morgan fingerprint density at radius 3 is 2.95 bits per heavy atom. The molecule has 0 aliphatic carbocycles. The summed E-state index contributed by atoms with van der Waals surface area (Å²) in [6, 6.07) is 1.14. The predicted octanol–water partition coefficient (Wildman–Crippen LogP) is 0.335. The van der Waals surface area contributed by atoms with E-state index in [1.807, 2.05) is 0 Å². The average Bonchev–Trinajstić information content (AvgIpc) is 2.78. The Hall–Kier alpha value is -2.16. The van der Waals surface area contributed by atoms with Gasteiger partial charge >= 0.3 is 11.8 Å². The molecular formula is C12H15FN2O6. The van der Waals surface area contributed by atoms with Crippen LogP contribution in [0.1, 0.15) is 19.6 Å². The van der Waals surface area contributed by atoms with Crippen molar-refractivity contribution in [3.8, 4) is 0 Å². The molecule has 0 bridgehead atoms. The van der Waals surface area contributed by atoms with Crippen molar-refractivity contribution in [2.45, 2.75) is 31.8 Å². The van der Waals surface area contributed by atoms with E-state index in [9.17, 15) is 18.8 Å². The molecule has 0 aromatic carbocycles. The summed E-state index contributed by atoms with van der Waals surface area (Å²) in [6.45, 7) is 1.46. The van der Waals surface area contributed by atoms with Gasteiger partial charge in [0.15, 0.2) is 0 Å². The lowest BCUT2D eigenvalue weighted by atomic mass is 10.2. The summed E-state index contributed by atoms with van der Waals surface area (Å²) < 4.78 is 29.5. The maximum atomic E-state index is 13.8. The number of hydrogen-bond acceptors (Lipinski definition) is 6. The molecule has 0 saturated carbocycles. The van der Waals surface area contributed by atoms with Crippen LogP contribution in [0.3, 0.4) is 0 Å². The van der Waals surface area contributed by atoms with Gasteiger partial charge in [0.2, 0.25) is 0 Å². The van der Waals surface area contributed by atoms with Crippen molar-refractivity contribution < 1.29 is 23.4 Å². The van der Waals surface area contributed by atoms with Crippen LogP contribution in [0.25, 0.3) is 0 Å². The Bertz CT molecular complexity index is 612. The van der Waals surface area contributed by atoms with Gasteiger partial charge in [-0.25, -0.2) is 14.0 Å². The standard InChI is InChI=1S/C12H15FN2O6/c1-2-19-12(18)20-6-8-7(13)5-10(21-8)15-4-3-9(16)14-11(15)17/h3-4,7-8,10H,2,5-6H2,1H3,(H,14,16,17)/t7?,8-,10-/m0/s1. The van der Waals surface area contributed by atoms with Crippen molar-refractivity contribution in [3.63, 3.8) is 0 Å². The van der Waals surface area contributed by atoms with Crippen LogP contribution in [-0.2, 0) is 14.2 Å². The molecule has 1 fully saturated rings. The SMILES string of the molecule is CCOC(=O)OC[C@@H]1O[C@H](n2ccc(=O)[nH]c2=O)CC1F. The molecule has 2 heterocycles. The summed E-state index contributed by atoms with van der Waals surface area (Å²) in [5.41, 5.74) is -1.24. The highest BCUT2D eigenvalue weighted by atomic mass is 19.1. The Kier molecular flexibility index (Phi) is 4.73. The Morgan fingerprint density at radius 2 is 2.29 bits per heavy atom. The summed E-state index contributed by atoms with van der Waals surface area (Å²) in [6.07, 6.45) is -3.00. The van der Waals surface area contributed by atoms with Gasteiger partial charge < -0.3 is 14.2 Å². The number of alkyl halides is 1. The maximum Gasteiger partial charge on any atom is 0.508 e. The fourth-order valence-electron chi connectivity index (χ4n) is 1.97. The second-order valence-electron chi connectivity index (χ2n) is 4.39. The number of rotatable bonds is 4. The maximum absolute atomic E-state index is 13.8. The van der Waals surface area contributed by atoms with Crippen molar-refractivity contribution >= 4 is 6.16 Å². The minimum atomic E-state index is -1.40. The molecular weight excluding hydrogens is 287 g/mol. The number of H-pyrrole nitrogens is 1. The van der Waals surface area contributed by atoms with Crippen LogP contribution in [-0.4, -0.2) is 41.2 Å². The second-order valence-corrected chi connectivity index (χ2v) is 4.39. The molecule has 1 saturated heterocycles. The van der Waals surface area contributed by atoms with Gasteiger partial charge in [0, 0.05) is 18.7 Å². The topological polar surface area (TPSA) is 99.6 Å². The van der Waals surface area contributed by atoms with E-state index in [-0.39, 0.29) is 19.6 Å². The third-order valence-corrected chi connectivity index (χ3v) is 2.95. The van der Waals surface area contributed by atoms with E-state index in [4.69, 9.17) is 9.47 Å². The van der Waals surface area contributed by atoms with Crippen molar-refractivity contribution in [2.24, 2.45) is 0 Å². The first kappa shape index (κ1) is 15.2. The van der Waals surface area contributed by atoms with Crippen LogP contribution in [0.15, 0.2) is 21.9 Å². The Morgan fingerprint density at radius 1 is 1.52 bits per heavy atom. The van der Waals surface area contributed by atoms with Gasteiger partial charge in [-0.1, -0.05) is 0 Å². The molecule has 0 spiro atoms. The van der Waals surface area contributed by atoms with Gasteiger partial charge in [-0.2, -0.15) is 0 Å². The minimum Gasteiger partial charge on any atom is -0.435 e. The molecule has 21 heavy (non-hydrogen) atoms. The highest BCUT2D eigenvalue weighted by Gasteiger charge is 2.37. The van der Waals surface area contributed by atoms with Gasteiger partial charge in [-0.05, 0) is 6.92 Å². The lowest BCUT2D eigenvalue weighted by molar-refractivity contribution is -0.0493. The molecule has 116 valence electrons. The van der Waals surface area contributed by atoms with Gasteiger partial charge in [-0.3, -0.25) is 14.3 Å². The summed E-state index contributed by atoms with van der Waals surface area (Å²) in [5, 5.41) is 0. The van der Waals surface area contributed by atoms with E-state index in [0.717, 1.165) is 10.6 Å². The molecule has 1 unspecified atom stereocenters. The molecule has 0 radical (unpaired) electrons. The molecule has 1 aromatic heterocycles. The van der Waals surface area contributed by atoms with Crippen molar-refractivity contribution in [1.82, 2.24) is 9.55 Å². The van der Waals surface area contributed by atoms with Crippen molar-refractivity contribution in [2.75, 3.05) is 13.2 Å². The lowest BCUT2D eigenvalue weighted by Gasteiger charge is -2.15. The second kappa shape index (κ2) is 6.53. The zero-order chi connectivity index (χ0) is 15.4. The van der Waals surface area contributed by atoms with Crippen LogP contribution in [0.4, 0.5) is 9.18 Å². The number of nitrogens with zero attached hydrogens (tertiary/aromatic N) is 1. The van der Waals surface area contributed by atoms with Crippen LogP contribution in [0.2, 0.25) is 0 Å². The third kappa shape index (κ3) is 3.69. The molecule has 1 N–H and O–H groups in total. The predicted molar refractivity (Wildman–Crippen MR) is 67.7 cm³/mol. The van der Waals surface area contributed by atoms with Gasteiger partial charge in [0.1, 0.15) is 25.1 Å². The Balaban J connectivity index is 1.99. The zero-order valence-corrected chi connectivity index (χ0v) is 11.3. The van der Waals surface area contributed by atoms with Crippen LogP contribution < -0.4 is 11.2 Å². The van der Waals surface area contributed by atoms with E-state index >= 15 is 0 Å². The molecule has 2 rings (SSSR count). The normalized spacial score (nSPS) is 24.8. The molecule has 0 amide bonds. The van der Waals surface area contributed by atoms with E-state index in [0.29, 0.717) is 0 Å². The number of aromatic amines is 1. The lowest BCUT2D eigenvalue weighted by Crippen LogP contribution is -2.32. The summed E-state index contributed by atoms with van der Waals surface area (Å²) >= 11 is 0. The third-order valence-electron chi connectivity index (χ3n) is 2.95. The molecule has 1 aromatic rings. The van der Waals surface area contributed by atoms with Gasteiger partial charge in [0.25, 0.3) is 5.56 Å². The first-order valence-corrected chi connectivity index (χ1v) is 6.41. The van der Waals surface area contributed by atoms with Gasteiger partial charge in [-0.15, -0.1) is 0 Å². The molecule has 9 heteroatoms. The summed E-state index contributed by atoms with van der Waals surface area (Å²) in [4.78, 5) is 35.6. The highest BCUT2D eigenvalue weighted by Crippen LogP contribution is 2.29. The fourth-order valence-corrected chi connectivity index (χ4v) is 1.97. The summed E-state index contributed by atoms with van der Waals surface area (Å²) in [7, 11) is 0. The Labute approximate surface area is 118 Å². The quantitative estimate of drug-likeness (QED) is 0.805. The highest BCUT2D eigenvalue weighted by molar-refractivity contribution is 5.59. The zero-order valence-electron chi connectivity index (χ0n) is 11.3. The summed E-state index contributed by atoms with van der Waals surface area (Å²) in [5.74, 6) is 0. The van der Waals surface area contributed by atoms with Gasteiger partial charge in [0.05, 0.1) is 6.61 Å². The first-order valence-electron chi connectivity index (χ1n) is 6.41. The van der Waals surface area contributed by atoms with Crippen LogP contribution >= 0.6 is 0 Å². The molecule has 8 nitrogen and oxygen atoms in total. The van der Waals surface area contributed by atoms with Crippen molar-refractivity contribution in [1.29, 1.82) is 0 Å². The smallest absolute Gasteiger partial charge is 0.435 e. The van der Waals surface area contributed by atoms with Crippen LogP contribution in [0, 0.1) is 0 Å². The fraction of sp³-hybridized carbons (Fsp3) is 0.583. The number of carbonyl (C=O) groups is 1. The molecule has 1 aliphatic rings. The molecule has 1 aliphatic heterocycles. The number of nitrogens with one attached hydrogen (secondary N) is 1. The first-order chi connectivity index (χ1) is 10.0. The average molecular weight is 302 g/mol. The van der Waals surface area contributed by atoms with E-state index in [2.05, 4.69) is 9.72 Å². The van der Waals surface area contributed by atoms with E-state index in [1.165, 1.54) is 6.20 Å². The van der Waals surface area contributed by atoms with Crippen LogP contribution in [0.5, 0.6) is 0 Å². The van der Waals surface area contributed by atoms with E-state index < -0.39 is 35.9 Å². The monoisotopic (exact) mass is 302 g/mol. The van der Waals surface area contributed by atoms with E-state index in [1.54, 1.807) is 6.92 Å². The number of carbonyl (C=O) groups excluding carboxylic acids is 1. The number of hydrogen-bond donors (Lipinski definition) is 1. The minimum absolute atomic E-state index is 0.0806. The number of aromatic nitrogens is 2. The molecule has 3 atom stereocenters.